The van der Waals surface area contributed by atoms with Gasteiger partial charge in [-0.25, -0.2) is 4.85 Å². The number of Topliss-reactive ketones (excluding diaryl/α,β-unsaturated/α-hetero) is 2. The van der Waals surface area contributed by atoms with Gasteiger partial charge in [-0.05, 0) is 19.4 Å². The van der Waals surface area contributed by atoms with E-state index >= 15 is 0 Å². The molecule has 0 fully saturated rings. The van der Waals surface area contributed by atoms with Gasteiger partial charge in [-0.3, -0.25) is 4.79 Å². The van der Waals surface area contributed by atoms with Gasteiger partial charge < -0.3 is 4.79 Å². The fourth-order valence-electron chi connectivity index (χ4n) is 2.14. The highest BCUT2D eigenvalue weighted by Gasteiger charge is 2.32. The zero-order valence-electron chi connectivity index (χ0n) is 10.2. The van der Waals surface area contributed by atoms with Crippen LogP contribution in [0.2, 0.25) is 0 Å². The van der Waals surface area contributed by atoms with Gasteiger partial charge in [0.05, 0.1) is 6.57 Å². The zero-order chi connectivity index (χ0) is 13.3. The van der Waals surface area contributed by atoms with E-state index in [0.717, 1.165) is 0 Å². The van der Waals surface area contributed by atoms with Crippen molar-refractivity contribution in [1.82, 2.24) is 0 Å². The molecule has 0 unspecified atom stereocenters. The van der Waals surface area contributed by atoms with E-state index in [2.05, 4.69) is 4.85 Å². The van der Waals surface area contributed by atoms with Crippen LogP contribution in [0.1, 0.15) is 29.8 Å². The van der Waals surface area contributed by atoms with Crippen molar-refractivity contribution in [2.24, 2.45) is 0 Å². The summed E-state index contributed by atoms with van der Waals surface area (Å²) in [4.78, 5) is 27.0. The number of benzene rings is 1. The maximum absolute atomic E-state index is 12.2. The van der Waals surface area contributed by atoms with Crippen LogP contribution in [0.15, 0.2) is 41.6 Å². The minimum atomic E-state index is -0.316. The van der Waals surface area contributed by atoms with E-state index in [9.17, 15) is 9.59 Å². The second kappa shape index (κ2) is 4.42. The first-order valence-corrected chi connectivity index (χ1v) is 5.55. The Balaban J connectivity index is 2.87. The smallest absolute Gasteiger partial charge is 0.237 e. The second-order valence-corrected chi connectivity index (χ2v) is 3.97. The maximum Gasteiger partial charge on any atom is 0.237 e. The highest BCUT2D eigenvalue weighted by atomic mass is 16.1. The van der Waals surface area contributed by atoms with Crippen LogP contribution in [-0.4, -0.2) is 11.6 Å². The molecule has 0 bridgehead atoms. The van der Waals surface area contributed by atoms with E-state index in [1.807, 2.05) is 0 Å². The summed E-state index contributed by atoms with van der Waals surface area (Å²) >= 11 is 0. The Kier molecular flexibility index (Phi) is 2.95. The molecule has 0 saturated heterocycles. The van der Waals surface area contributed by atoms with Crippen LogP contribution in [0.4, 0.5) is 0 Å². The van der Waals surface area contributed by atoms with E-state index in [4.69, 9.17) is 6.57 Å². The first kappa shape index (κ1) is 12.0. The number of nitrogens with zero attached hydrogens (tertiary/aromatic N) is 1. The third-order valence-corrected chi connectivity index (χ3v) is 2.93. The first-order chi connectivity index (χ1) is 8.61. The van der Waals surface area contributed by atoms with Crippen molar-refractivity contribution < 1.29 is 9.59 Å². The SMILES string of the molecule is [C-]#[N+]C(C(C)=O)=C1/C(=C/C)C(=O)c2ccccc21. The molecule has 0 radical (unpaired) electrons. The molecule has 2 rings (SSSR count). The van der Waals surface area contributed by atoms with Crippen molar-refractivity contribution in [3.05, 3.63) is 64.2 Å². The molecule has 0 N–H and O–H groups in total. The summed E-state index contributed by atoms with van der Waals surface area (Å²) in [5, 5.41) is 0. The van der Waals surface area contributed by atoms with Crippen LogP contribution >= 0.6 is 0 Å². The number of fused-ring (bicyclic) bond motifs is 1. The highest BCUT2D eigenvalue weighted by Crippen LogP contribution is 2.39. The molecule has 1 aliphatic rings. The van der Waals surface area contributed by atoms with E-state index in [0.29, 0.717) is 22.3 Å². The second-order valence-electron chi connectivity index (χ2n) is 3.97. The predicted octanol–water partition coefficient (Wildman–Crippen LogP) is 3.05. The largest absolute Gasteiger partial charge is 0.308 e. The average molecular weight is 237 g/mol. The van der Waals surface area contributed by atoms with Gasteiger partial charge in [0.2, 0.25) is 5.70 Å². The molecular formula is C15H11NO2. The molecule has 18 heavy (non-hydrogen) atoms. The maximum atomic E-state index is 12.2. The van der Waals surface area contributed by atoms with Crippen LogP contribution < -0.4 is 0 Å². The van der Waals surface area contributed by atoms with Crippen molar-refractivity contribution >= 4 is 17.1 Å². The van der Waals surface area contributed by atoms with Gasteiger partial charge in [0.15, 0.2) is 11.6 Å². The Bertz CT molecular complexity index is 657. The van der Waals surface area contributed by atoms with Crippen LogP contribution in [0.25, 0.3) is 10.4 Å². The van der Waals surface area contributed by atoms with Gasteiger partial charge in [0, 0.05) is 16.7 Å². The Hall–Kier alpha value is -2.47. The number of carbonyl (C=O) groups excluding carboxylic acids is 2. The Morgan fingerprint density at radius 1 is 1.28 bits per heavy atom. The number of ketones is 2. The van der Waals surface area contributed by atoms with Gasteiger partial charge >= 0.3 is 0 Å². The molecule has 1 aliphatic carbocycles. The summed E-state index contributed by atoms with van der Waals surface area (Å²) in [5.74, 6) is -0.436. The normalized spacial score (nSPS) is 18.5. The zero-order valence-corrected chi connectivity index (χ0v) is 10.2. The molecule has 0 atom stereocenters. The van der Waals surface area contributed by atoms with Gasteiger partial charge in [-0.15, -0.1) is 0 Å². The van der Waals surface area contributed by atoms with Crippen molar-refractivity contribution in [1.29, 1.82) is 0 Å². The van der Waals surface area contributed by atoms with Gasteiger partial charge in [-0.2, -0.15) is 0 Å². The lowest BCUT2D eigenvalue weighted by Crippen LogP contribution is -1.99. The summed E-state index contributed by atoms with van der Waals surface area (Å²) in [7, 11) is 0. The predicted molar refractivity (Wildman–Crippen MR) is 68.7 cm³/mol. The minimum absolute atomic E-state index is 0.0291. The number of hydrogen-bond donors (Lipinski definition) is 0. The third-order valence-electron chi connectivity index (χ3n) is 2.93. The molecule has 0 aromatic heterocycles. The van der Waals surface area contributed by atoms with Gasteiger partial charge in [0.1, 0.15) is 0 Å². The summed E-state index contributed by atoms with van der Waals surface area (Å²) in [5.41, 5.74) is 2.18. The van der Waals surface area contributed by atoms with Crippen molar-refractivity contribution in [3.63, 3.8) is 0 Å². The lowest BCUT2D eigenvalue weighted by atomic mass is 10.0. The van der Waals surface area contributed by atoms with Crippen molar-refractivity contribution in [2.75, 3.05) is 0 Å². The van der Waals surface area contributed by atoms with Crippen LogP contribution in [0, 0.1) is 6.57 Å². The summed E-state index contributed by atoms with van der Waals surface area (Å²) in [6, 6.07) is 7.06. The standard InChI is InChI=1S/C15H11NO2/c1-4-10-13(14(16-3)9(2)17)11-7-5-6-8-12(11)15(10)18/h4-8H,1-2H3/b10-4-,14-13?. The molecule has 0 aliphatic heterocycles. The monoisotopic (exact) mass is 237 g/mol. The number of hydrogen-bond acceptors (Lipinski definition) is 2. The molecule has 0 saturated carbocycles. The topological polar surface area (TPSA) is 38.5 Å². The number of carbonyl (C=O) groups is 2. The highest BCUT2D eigenvalue weighted by molar-refractivity contribution is 6.29. The molecule has 1 aromatic carbocycles. The Labute approximate surface area is 105 Å². The van der Waals surface area contributed by atoms with Crippen LogP contribution in [0.3, 0.4) is 0 Å². The van der Waals surface area contributed by atoms with Gasteiger partial charge in [-0.1, -0.05) is 30.3 Å². The third kappa shape index (κ3) is 1.59. The molecule has 0 spiro atoms. The first-order valence-electron chi connectivity index (χ1n) is 5.55. The van der Waals surface area contributed by atoms with Crippen LogP contribution in [-0.2, 0) is 4.79 Å². The van der Waals surface area contributed by atoms with E-state index in [1.165, 1.54) is 6.92 Å². The molecule has 88 valence electrons. The lowest BCUT2D eigenvalue weighted by Gasteiger charge is -2.03. The van der Waals surface area contributed by atoms with E-state index in [-0.39, 0.29) is 17.3 Å². The quantitative estimate of drug-likeness (QED) is 0.556. The minimum Gasteiger partial charge on any atom is -0.308 e. The molecule has 3 nitrogen and oxygen atoms in total. The summed E-state index contributed by atoms with van der Waals surface area (Å²) in [6.07, 6.45) is 1.66. The molecule has 3 heteroatoms. The Morgan fingerprint density at radius 2 is 1.89 bits per heavy atom. The van der Waals surface area contributed by atoms with E-state index < -0.39 is 0 Å². The average Bonchev–Trinajstić information content (AvgIpc) is 2.64. The van der Waals surface area contributed by atoms with Crippen molar-refractivity contribution in [3.8, 4) is 0 Å². The van der Waals surface area contributed by atoms with Crippen molar-refractivity contribution in [2.45, 2.75) is 13.8 Å². The fraction of sp³-hybridized carbons (Fsp3) is 0.133. The molecular weight excluding hydrogens is 226 g/mol. The Morgan fingerprint density at radius 3 is 2.39 bits per heavy atom. The van der Waals surface area contributed by atoms with Crippen LogP contribution in [0.5, 0.6) is 0 Å². The number of allylic oxidation sites excluding steroid dienone is 4. The summed E-state index contributed by atoms with van der Waals surface area (Å²) in [6.45, 7) is 10.2. The molecule has 1 aromatic rings. The lowest BCUT2D eigenvalue weighted by molar-refractivity contribution is -0.113. The van der Waals surface area contributed by atoms with Gasteiger partial charge in [0.25, 0.3) is 0 Å². The molecule has 0 amide bonds. The molecule has 0 heterocycles. The summed E-state index contributed by atoms with van der Waals surface area (Å²) < 4.78 is 0. The van der Waals surface area contributed by atoms with E-state index in [1.54, 1.807) is 37.3 Å². The fourth-order valence-corrected chi connectivity index (χ4v) is 2.14. The number of rotatable bonds is 1.